The van der Waals surface area contributed by atoms with Crippen molar-refractivity contribution in [3.63, 3.8) is 0 Å². The van der Waals surface area contributed by atoms with E-state index in [1.54, 1.807) is 13.0 Å². The molecule has 0 aliphatic heterocycles. The Morgan fingerprint density at radius 2 is 1.76 bits per heavy atom. The number of nitrogens with zero attached hydrogens (tertiary/aromatic N) is 1. The average Bonchev–Trinajstić information content (AvgIpc) is 2.64. The van der Waals surface area contributed by atoms with Crippen LogP contribution in [0.3, 0.4) is 0 Å². The van der Waals surface area contributed by atoms with Gasteiger partial charge in [-0.25, -0.2) is 9.82 Å². The van der Waals surface area contributed by atoms with Crippen LogP contribution in [0.1, 0.15) is 22.8 Å². The Bertz CT molecular complexity index is 784. The summed E-state index contributed by atoms with van der Waals surface area (Å²) in [6, 6.07) is 14.7. The molecule has 0 bridgehead atoms. The predicted molar refractivity (Wildman–Crippen MR) is 95.5 cm³/mol. The molecule has 0 unspecified atom stereocenters. The molecule has 0 radical (unpaired) electrons. The lowest BCUT2D eigenvalue weighted by Gasteiger charge is -2.04. The Morgan fingerprint density at radius 1 is 1.08 bits per heavy atom. The molecular weight excluding hydrogens is 321 g/mol. The predicted octanol–water partition coefficient (Wildman–Crippen LogP) is 2.76. The molecule has 2 rings (SSSR count). The molecule has 2 aromatic rings. The van der Waals surface area contributed by atoms with E-state index in [9.17, 15) is 14.0 Å². The molecule has 0 aliphatic carbocycles. The van der Waals surface area contributed by atoms with Gasteiger partial charge < -0.3 is 5.32 Å². The Morgan fingerprint density at radius 3 is 2.44 bits per heavy atom. The smallest absolute Gasteiger partial charge is 0.259 e. The highest BCUT2D eigenvalue weighted by Gasteiger charge is 2.07. The van der Waals surface area contributed by atoms with Crippen LogP contribution in [0.5, 0.6) is 0 Å². The quantitative estimate of drug-likeness (QED) is 0.627. The van der Waals surface area contributed by atoms with Crippen LogP contribution in [-0.4, -0.2) is 24.1 Å². The third-order valence-electron chi connectivity index (χ3n) is 3.19. The fourth-order valence-electron chi connectivity index (χ4n) is 1.87. The van der Waals surface area contributed by atoms with Crippen LogP contribution >= 0.6 is 0 Å². The summed E-state index contributed by atoms with van der Waals surface area (Å²) in [5.41, 5.74) is 4.27. The van der Waals surface area contributed by atoms with Crippen molar-refractivity contribution in [3.8, 4) is 0 Å². The number of carbonyl (C=O) groups excluding carboxylic acids is 2. The van der Waals surface area contributed by atoms with Crippen molar-refractivity contribution in [2.24, 2.45) is 5.10 Å². The van der Waals surface area contributed by atoms with Gasteiger partial charge in [0.15, 0.2) is 0 Å². The molecule has 2 aromatic carbocycles. The van der Waals surface area contributed by atoms with Crippen LogP contribution in [0, 0.1) is 5.82 Å². The van der Waals surface area contributed by atoms with Gasteiger partial charge in [-0.15, -0.1) is 0 Å². The maximum absolute atomic E-state index is 12.8. The van der Waals surface area contributed by atoms with Gasteiger partial charge in [-0.1, -0.05) is 36.4 Å². The number of hydrazone groups is 1. The first-order valence-corrected chi connectivity index (χ1v) is 7.64. The fraction of sp³-hybridized carbons (Fsp3) is 0.105. The van der Waals surface area contributed by atoms with E-state index in [1.807, 2.05) is 36.4 Å². The average molecular weight is 339 g/mol. The Balaban J connectivity index is 1.78. The number of amides is 2. The summed E-state index contributed by atoms with van der Waals surface area (Å²) in [5.74, 6) is -1.34. The lowest BCUT2D eigenvalue weighted by atomic mass is 10.2. The van der Waals surface area contributed by atoms with Crippen LogP contribution in [-0.2, 0) is 4.79 Å². The first kappa shape index (κ1) is 18.1. The van der Waals surface area contributed by atoms with Gasteiger partial charge in [-0.05, 0) is 42.8 Å². The Kier molecular flexibility index (Phi) is 6.59. The number of hydrogen-bond acceptors (Lipinski definition) is 3. The Labute approximate surface area is 145 Å². The summed E-state index contributed by atoms with van der Waals surface area (Å²) in [7, 11) is 0. The number of nitrogens with one attached hydrogen (secondary N) is 2. The molecule has 0 saturated heterocycles. The topological polar surface area (TPSA) is 70.6 Å². The standard InChI is InChI=1S/C19H18FN3O2/c1-14(7-8-15-5-3-2-4-6-15)22-23-18(24)13-21-19(25)16-9-11-17(20)12-10-16/h2-12H,13H2,1H3,(H,21,25)(H,23,24)/b8-7+,22-14-. The minimum atomic E-state index is -0.458. The van der Waals surface area contributed by atoms with Gasteiger partial charge in [-0.3, -0.25) is 9.59 Å². The number of allylic oxidation sites excluding steroid dienone is 1. The zero-order valence-corrected chi connectivity index (χ0v) is 13.7. The van der Waals surface area contributed by atoms with Crippen molar-refractivity contribution in [1.82, 2.24) is 10.7 Å². The number of halogens is 1. The van der Waals surface area contributed by atoms with Crippen molar-refractivity contribution in [3.05, 3.63) is 77.6 Å². The van der Waals surface area contributed by atoms with E-state index in [1.165, 1.54) is 24.3 Å². The van der Waals surface area contributed by atoms with Gasteiger partial charge in [0, 0.05) is 5.56 Å². The fourth-order valence-corrected chi connectivity index (χ4v) is 1.87. The number of hydrogen-bond donors (Lipinski definition) is 2. The summed E-state index contributed by atoms with van der Waals surface area (Å²) < 4.78 is 12.8. The van der Waals surface area contributed by atoms with Gasteiger partial charge in [-0.2, -0.15) is 5.10 Å². The molecular formula is C19H18FN3O2. The summed E-state index contributed by atoms with van der Waals surface area (Å²) in [5, 5.41) is 6.37. The minimum Gasteiger partial charge on any atom is -0.343 e. The normalized spacial score (nSPS) is 11.4. The van der Waals surface area contributed by atoms with E-state index in [2.05, 4.69) is 15.8 Å². The van der Waals surface area contributed by atoms with Crippen molar-refractivity contribution in [2.45, 2.75) is 6.92 Å². The van der Waals surface area contributed by atoms with E-state index in [0.717, 1.165) is 5.56 Å². The van der Waals surface area contributed by atoms with E-state index in [-0.39, 0.29) is 12.1 Å². The summed E-state index contributed by atoms with van der Waals surface area (Å²) in [4.78, 5) is 23.5. The van der Waals surface area contributed by atoms with E-state index in [0.29, 0.717) is 5.71 Å². The molecule has 0 spiro atoms. The van der Waals surface area contributed by atoms with Crippen molar-refractivity contribution < 1.29 is 14.0 Å². The molecule has 128 valence electrons. The lowest BCUT2D eigenvalue weighted by molar-refractivity contribution is -0.120. The van der Waals surface area contributed by atoms with E-state index < -0.39 is 17.6 Å². The molecule has 2 N–H and O–H groups in total. The molecule has 0 aromatic heterocycles. The van der Waals surface area contributed by atoms with Crippen LogP contribution in [0.15, 0.2) is 65.8 Å². The highest BCUT2D eigenvalue weighted by molar-refractivity contribution is 5.98. The molecule has 25 heavy (non-hydrogen) atoms. The molecule has 0 heterocycles. The third kappa shape index (κ3) is 6.39. The van der Waals surface area contributed by atoms with Gasteiger partial charge in [0.25, 0.3) is 11.8 Å². The van der Waals surface area contributed by atoms with Crippen LogP contribution < -0.4 is 10.7 Å². The molecule has 0 saturated carbocycles. The van der Waals surface area contributed by atoms with Crippen molar-refractivity contribution in [1.29, 1.82) is 0 Å². The van der Waals surface area contributed by atoms with Gasteiger partial charge in [0.1, 0.15) is 5.82 Å². The first-order chi connectivity index (χ1) is 12.0. The molecule has 6 heteroatoms. The summed E-state index contributed by atoms with van der Waals surface area (Å²) >= 11 is 0. The number of carbonyl (C=O) groups is 2. The number of rotatable bonds is 6. The van der Waals surface area contributed by atoms with Gasteiger partial charge in [0.2, 0.25) is 0 Å². The van der Waals surface area contributed by atoms with E-state index in [4.69, 9.17) is 0 Å². The zero-order chi connectivity index (χ0) is 18.1. The van der Waals surface area contributed by atoms with Crippen LogP contribution in [0.2, 0.25) is 0 Å². The SMILES string of the molecule is CC(/C=C/c1ccccc1)=N/NC(=O)CNC(=O)c1ccc(F)cc1. The highest BCUT2D eigenvalue weighted by atomic mass is 19.1. The molecule has 0 atom stereocenters. The first-order valence-electron chi connectivity index (χ1n) is 7.64. The van der Waals surface area contributed by atoms with Crippen LogP contribution in [0.25, 0.3) is 6.08 Å². The third-order valence-corrected chi connectivity index (χ3v) is 3.19. The lowest BCUT2D eigenvalue weighted by Crippen LogP contribution is -2.35. The van der Waals surface area contributed by atoms with Crippen molar-refractivity contribution >= 4 is 23.6 Å². The largest absolute Gasteiger partial charge is 0.343 e. The van der Waals surface area contributed by atoms with Crippen LogP contribution in [0.4, 0.5) is 4.39 Å². The zero-order valence-electron chi connectivity index (χ0n) is 13.7. The summed E-state index contributed by atoms with van der Waals surface area (Å²) in [6.45, 7) is 1.52. The minimum absolute atomic E-state index is 0.227. The molecule has 2 amide bonds. The van der Waals surface area contributed by atoms with E-state index >= 15 is 0 Å². The van der Waals surface area contributed by atoms with Crippen molar-refractivity contribution in [2.75, 3.05) is 6.54 Å². The second kappa shape index (κ2) is 9.12. The maximum Gasteiger partial charge on any atom is 0.259 e. The number of benzene rings is 2. The molecule has 0 fully saturated rings. The second-order valence-corrected chi connectivity index (χ2v) is 5.22. The molecule has 5 nitrogen and oxygen atoms in total. The highest BCUT2D eigenvalue weighted by Crippen LogP contribution is 2.02. The maximum atomic E-state index is 12.8. The second-order valence-electron chi connectivity index (χ2n) is 5.22. The van der Waals surface area contributed by atoms with Gasteiger partial charge in [0.05, 0.1) is 12.3 Å². The van der Waals surface area contributed by atoms with Gasteiger partial charge >= 0.3 is 0 Å². The monoisotopic (exact) mass is 339 g/mol. The summed E-state index contributed by atoms with van der Waals surface area (Å²) in [6.07, 6.45) is 3.65. The Hall–Kier alpha value is -3.28. The molecule has 0 aliphatic rings.